The lowest BCUT2D eigenvalue weighted by molar-refractivity contribution is -0.0498. The smallest absolute Gasteiger partial charge is 0.387 e. The van der Waals surface area contributed by atoms with E-state index in [0.29, 0.717) is 33.8 Å². The maximum Gasteiger partial charge on any atom is 0.387 e. The highest BCUT2D eigenvalue weighted by Crippen LogP contribution is 2.42. The second-order valence-electron chi connectivity index (χ2n) is 7.26. The predicted octanol–water partition coefficient (Wildman–Crippen LogP) is 4.57. The van der Waals surface area contributed by atoms with Crippen molar-refractivity contribution in [1.82, 2.24) is 14.8 Å². The largest absolute Gasteiger partial charge is 0.508 e. The summed E-state index contributed by atoms with van der Waals surface area (Å²) in [7, 11) is 0. The molecule has 8 heteroatoms. The fourth-order valence-corrected chi connectivity index (χ4v) is 3.65. The second-order valence-corrected chi connectivity index (χ2v) is 7.26. The fraction of sp³-hybridized carbons (Fsp3) is 0.182. The number of halogens is 2. The molecule has 5 rings (SSSR count). The number of hydrogen-bond donors (Lipinski definition) is 2. The molecular formula is C22H17F2N3O3. The van der Waals surface area contributed by atoms with Crippen molar-refractivity contribution in [3.05, 3.63) is 70.6 Å². The van der Waals surface area contributed by atoms with Crippen LogP contribution in [0.4, 0.5) is 8.78 Å². The Bertz CT molecular complexity index is 1270. The van der Waals surface area contributed by atoms with Crippen LogP contribution in [-0.2, 0) is 0 Å². The number of phenols is 1. The molecule has 6 nitrogen and oxygen atoms in total. The molecule has 2 aromatic heterocycles. The average Bonchev–Trinajstić information content (AvgIpc) is 3.48. The Labute approximate surface area is 169 Å². The monoisotopic (exact) mass is 409 g/mol. The summed E-state index contributed by atoms with van der Waals surface area (Å²) >= 11 is 0. The molecule has 0 unspecified atom stereocenters. The van der Waals surface area contributed by atoms with Crippen LogP contribution in [0.2, 0.25) is 0 Å². The van der Waals surface area contributed by atoms with Gasteiger partial charge in [0.25, 0.3) is 5.56 Å². The summed E-state index contributed by atoms with van der Waals surface area (Å²) in [6, 6.07) is 14.0. The number of hydrogen-bond acceptors (Lipinski definition) is 4. The SMILES string of the molecule is O=c1c(-c2ccc(O)cc2)cc2n[nH]c(C3CC3)c2n1-c1ccc(OC(F)F)cc1. The van der Waals surface area contributed by atoms with Crippen LogP contribution in [0.15, 0.2) is 59.4 Å². The first kappa shape index (κ1) is 18.4. The van der Waals surface area contributed by atoms with Crippen molar-refractivity contribution < 1.29 is 18.6 Å². The van der Waals surface area contributed by atoms with Gasteiger partial charge in [-0.25, -0.2) is 0 Å². The number of aromatic hydroxyl groups is 1. The van der Waals surface area contributed by atoms with E-state index in [1.54, 1.807) is 34.9 Å². The number of fused-ring (bicyclic) bond motifs is 1. The molecule has 0 spiro atoms. The van der Waals surface area contributed by atoms with Crippen LogP contribution in [0.3, 0.4) is 0 Å². The van der Waals surface area contributed by atoms with E-state index in [9.17, 15) is 18.7 Å². The minimum atomic E-state index is -2.92. The summed E-state index contributed by atoms with van der Waals surface area (Å²) in [5.74, 6) is 0.439. The number of alkyl halides is 2. The molecule has 0 aliphatic heterocycles. The number of nitrogens with zero attached hydrogens (tertiary/aromatic N) is 2. The molecule has 1 aliphatic rings. The number of H-pyrrole nitrogens is 1. The topological polar surface area (TPSA) is 80.1 Å². The molecule has 2 heterocycles. The number of aromatic amines is 1. The quantitative estimate of drug-likeness (QED) is 0.506. The Morgan fingerprint density at radius 3 is 2.43 bits per heavy atom. The third kappa shape index (κ3) is 3.20. The number of rotatable bonds is 5. The average molecular weight is 409 g/mol. The van der Waals surface area contributed by atoms with Gasteiger partial charge in [-0.1, -0.05) is 12.1 Å². The Hall–Kier alpha value is -3.68. The van der Waals surface area contributed by atoms with E-state index in [1.807, 2.05) is 0 Å². The van der Waals surface area contributed by atoms with Gasteiger partial charge in [0.1, 0.15) is 17.0 Å². The zero-order chi connectivity index (χ0) is 20.8. The third-order valence-corrected chi connectivity index (χ3v) is 5.22. The number of pyridine rings is 1. The first-order valence-corrected chi connectivity index (χ1v) is 9.50. The van der Waals surface area contributed by atoms with Crippen molar-refractivity contribution in [3.8, 4) is 28.3 Å². The molecule has 2 aromatic carbocycles. The van der Waals surface area contributed by atoms with Crippen molar-refractivity contribution in [2.75, 3.05) is 0 Å². The van der Waals surface area contributed by atoms with E-state index >= 15 is 0 Å². The van der Waals surface area contributed by atoms with Gasteiger partial charge in [-0.2, -0.15) is 13.9 Å². The van der Waals surface area contributed by atoms with Crippen LogP contribution in [0.25, 0.3) is 27.8 Å². The molecule has 4 aromatic rings. The van der Waals surface area contributed by atoms with Crippen molar-refractivity contribution in [2.45, 2.75) is 25.4 Å². The van der Waals surface area contributed by atoms with Crippen LogP contribution in [0, 0.1) is 0 Å². The lowest BCUT2D eigenvalue weighted by Crippen LogP contribution is -2.21. The number of aromatic nitrogens is 3. The summed E-state index contributed by atoms with van der Waals surface area (Å²) in [5, 5.41) is 17.0. The predicted molar refractivity (Wildman–Crippen MR) is 107 cm³/mol. The van der Waals surface area contributed by atoms with Crippen molar-refractivity contribution in [1.29, 1.82) is 0 Å². The molecule has 0 atom stereocenters. The van der Waals surface area contributed by atoms with Gasteiger partial charge in [0.2, 0.25) is 0 Å². The molecule has 0 radical (unpaired) electrons. The molecule has 1 aliphatic carbocycles. The maximum atomic E-state index is 13.5. The summed E-state index contributed by atoms with van der Waals surface area (Å²) in [6.45, 7) is -2.92. The van der Waals surface area contributed by atoms with E-state index in [-0.39, 0.29) is 17.1 Å². The Balaban J connectivity index is 1.73. The first-order valence-electron chi connectivity index (χ1n) is 9.50. The second kappa shape index (κ2) is 6.98. The minimum absolute atomic E-state index is 0.0161. The van der Waals surface area contributed by atoms with Crippen LogP contribution in [0.1, 0.15) is 24.5 Å². The summed E-state index contributed by atoms with van der Waals surface area (Å²) in [5.41, 5.74) is 3.54. The van der Waals surface area contributed by atoms with E-state index in [0.717, 1.165) is 18.5 Å². The number of benzene rings is 2. The molecular weight excluding hydrogens is 392 g/mol. The molecule has 0 bridgehead atoms. The molecule has 30 heavy (non-hydrogen) atoms. The van der Waals surface area contributed by atoms with Gasteiger partial charge >= 0.3 is 6.61 Å². The molecule has 152 valence electrons. The van der Waals surface area contributed by atoms with Gasteiger partial charge in [0.15, 0.2) is 0 Å². The van der Waals surface area contributed by atoms with Gasteiger partial charge in [0, 0.05) is 17.2 Å². The fourth-order valence-electron chi connectivity index (χ4n) is 3.65. The molecule has 1 fully saturated rings. The zero-order valence-electron chi connectivity index (χ0n) is 15.7. The van der Waals surface area contributed by atoms with Crippen molar-refractivity contribution >= 4 is 11.0 Å². The highest BCUT2D eigenvalue weighted by molar-refractivity contribution is 5.85. The molecule has 2 N–H and O–H groups in total. The summed E-state index contributed by atoms with van der Waals surface area (Å²) in [4.78, 5) is 13.5. The zero-order valence-corrected chi connectivity index (χ0v) is 15.7. The third-order valence-electron chi connectivity index (χ3n) is 5.22. The van der Waals surface area contributed by atoms with Crippen LogP contribution in [-0.4, -0.2) is 26.5 Å². The van der Waals surface area contributed by atoms with Gasteiger partial charge in [-0.15, -0.1) is 0 Å². The number of phenolic OH excluding ortho intramolecular Hbond substituents is 1. The van der Waals surface area contributed by atoms with Crippen LogP contribution in [0.5, 0.6) is 11.5 Å². The minimum Gasteiger partial charge on any atom is -0.508 e. The molecule has 1 saturated carbocycles. The highest BCUT2D eigenvalue weighted by Gasteiger charge is 2.30. The Morgan fingerprint density at radius 1 is 1.10 bits per heavy atom. The van der Waals surface area contributed by atoms with Gasteiger partial charge < -0.3 is 9.84 Å². The van der Waals surface area contributed by atoms with Crippen molar-refractivity contribution in [2.24, 2.45) is 0 Å². The maximum absolute atomic E-state index is 13.5. The normalized spacial score (nSPS) is 13.8. The summed E-state index contributed by atoms with van der Waals surface area (Å²) < 4.78 is 30.9. The van der Waals surface area contributed by atoms with E-state index in [4.69, 9.17) is 0 Å². The van der Waals surface area contributed by atoms with Gasteiger partial charge in [-0.3, -0.25) is 14.5 Å². The lowest BCUT2D eigenvalue weighted by Gasteiger charge is -2.13. The van der Waals surface area contributed by atoms with Crippen molar-refractivity contribution in [3.63, 3.8) is 0 Å². The van der Waals surface area contributed by atoms with Crippen LogP contribution >= 0.6 is 0 Å². The van der Waals surface area contributed by atoms with Crippen LogP contribution < -0.4 is 10.3 Å². The number of ether oxygens (including phenoxy) is 1. The molecule has 0 amide bonds. The van der Waals surface area contributed by atoms with E-state index < -0.39 is 6.61 Å². The van der Waals surface area contributed by atoms with E-state index in [1.165, 1.54) is 24.3 Å². The highest BCUT2D eigenvalue weighted by atomic mass is 19.3. The Kier molecular flexibility index (Phi) is 4.27. The van der Waals surface area contributed by atoms with Gasteiger partial charge in [0.05, 0.1) is 11.2 Å². The Morgan fingerprint density at radius 2 is 1.80 bits per heavy atom. The van der Waals surface area contributed by atoms with E-state index in [2.05, 4.69) is 14.9 Å². The standard InChI is InChI=1S/C22H17F2N3O3/c23-22(24)30-16-9-5-14(6-10-16)27-20-18(25-26-19(20)13-1-2-13)11-17(21(27)29)12-3-7-15(28)8-4-12/h3-11,13,22,28H,1-2H2,(H,25,26). The first-order chi connectivity index (χ1) is 14.5. The number of nitrogens with one attached hydrogen (secondary N) is 1. The lowest BCUT2D eigenvalue weighted by atomic mass is 10.1. The summed E-state index contributed by atoms with van der Waals surface area (Å²) in [6.07, 6.45) is 2.04. The van der Waals surface area contributed by atoms with Gasteiger partial charge in [-0.05, 0) is 60.9 Å². The molecule has 0 saturated heterocycles.